The molecule has 0 aliphatic carbocycles. The van der Waals surface area contributed by atoms with E-state index in [1.54, 1.807) is 24.6 Å². The summed E-state index contributed by atoms with van der Waals surface area (Å²) in [6.45, 7) is 8.23. The highest BCUT2D eigenvalue weighted by Crippen LogP contribution is 2.21. The van der Waals surface area contributed by atoms with Gasteiger partial charge < -0.3 is 11.1 Å². The first-order chi connectivity index (χ1) is 9.31. The summed E-state index contributed by atoms with van der Waals surface area (Å²) in [4.78, 5) is 15.7. The Morgan fingerprint density at radius 1 is 1.50 bits per heavy atom. The molecule has 2 aromatic heterocycles. The summed E-state index contributed by atoms with van der Waals surface area (Å²) in [5.74, 6) is 0.722. The van der Waals surface area contributed by atoms with Gasteiger partial charge >= 0.3 is 0 Å². The lowest BCUT2D eigenvalue weighted by Crippen LogP contribution is -2.37. The highest BCUT2D eigenvalue weighted by atomic mass is 16.1. The van der Waals surface area contributed by atoms with Gasteiger partial charge in [0.15, 0.2) is 5.82 Å². The van der Waals surface area contributed by atoms with Crippen LogP contribution in [0.4, 0.5) is 5.82 Å². The van der Waals surface area contributed by atoms with E-state index in [4.69, 9.17) is 5.73 Å². The van der Waals surface area contributed by atoms with Crippen LogP contribution in [-0.2, 0) is 4.79 Å². The predicted molar refractivity (Wildman–Crippen MR) is 78.5 cm³/mol. The normalized spacial score (nSPS) is 12.1. The van der Waals surface area contributed by atoms with Crippen molar-refractivity contribution in [1.82, 2.24) is 14.6 Å². The number of rotatable bonds is 5. The highest BCUT2D eigenvalue weighted by molar-refractivity contribution is 5.81. The zero-order chi connectivity index (χ0) is 14.9. The predicted octanol–water partition coefficient (Wildman–Crippen LogP) is 1.78. The van der Waals surface area contributed by atoms with Crippen molar-refractivity contribution < 1.29 is 4.79 Å². The van der Waals surface area contributed by atoms with Crippen molar-refractivity contribution in [3.63, 3.8) is 0 Å². The third-order valence-corrected chi connectivity index (χ3v) is 3.37. The van der Waals surface area contributed by atoms with Crippen LogP contribution in [0.1, 0.15) is 39.3 Å². The number of hydrogen-bond donors (Lipinski definition) is 2. The minimum atomic E-state index is -0.630. The van der Waals surface area contributed by atoms with Crippen LogP contribution in [-0.4, -0.2) is 27.0 Å². The summed E-state index contributed by atoms with van der Waals surface area (Å²) in [5, 5.41) is 7.69. The third kappa shape index (κ3) is 2.74. The molecule has 108 valence electrons. The first kappa shape index (κ1) is 14.3. The van der Waals surface area contributed by atoms with E-state index >= 15 is 0 Å². The highest BCUT2D eigenvalue weighted by Gasteiger charge is 2.25. The molecule has 20 heavy (non-hydrogen) atoms. The Morgan fingerprint density at radius 2 is 2.20 bits per heavy atom. The van der Waals surface area contributed by atoms with Gasteiger partial charge in [-0.2, -0.15) is 5.10 Å². The molecule has 0 radical (unpaired) electrons. The van der Waals surface area contributed by atoms with E-state index in [0.717, 1.165) is 11.2 Å². The maximum absolute atomic E-state index is 11.3. The van der Waals surface area contributed by atoms with Gasteiger partial charge in [0.1, 0.15) is 5.52 Å². The number of aromatic nitrogens is 3. The van der Waals surface area contributed by atoms with E-state index in [1.807, 2.05) is 12.3 Å². The Hall–Kier alpha value is -2.11. The van der Waals surface area contributed by atoms with Crippen molar-refractivity contribution in [2.75, 3.05) is 11.9 Å². The summed E-state index contributed by atoms with van der Waals surface area (Å²) >= 11 is 0. The molecular weight excluding hydrogens is 254 g/mol. The molecule has 1 amide bonds. The second-order valence-electron chi connectivity index (χ2n) is 5.93. The minimum Gasteiger partial charge on any atom is -0.369 e. The SMILES string of the molecule is CC(C)c1cc2c(NCC(C)(C)C(N)=O)nccn2n1. The molecule has 2 aromatic rings. The maximum Gasteiger partial charge on any atom is 0.224 e. The Balaban J connectivity index is 2.28. The zero-order valence-electron chi connectivity index (χ0n) is 12.3. The van der Waals surface area contributed by atoms with E-state index in [9.17, 15) is 4.79 Å². The number of anilines is 1. The van der Waals surface area contributed by atoms with Crippen LogP contribution in [0, 0.1) is 5.41 Å². The lowest BCUT2D eigenvalue weighted by molar-refractivity contribution is -0.125. The molecule has 0 bridgehead atoms. The fourth-order valence-corrected chi connectivity index (χ4v) is 1.75. The number of carbonyl (C=O) groups is 1. The smallest absolute Gasteiger partial charge is 0.224 e. The second kappa shape index (κ2) is 5.11. The van der Waals surface area contributed by atoms with Gasteiger partial charge in [-0.1, -0.05) is 13.8 Å². The molecule has 6 heteroatoms. The minimum absolute atomic E-state index is 0.340. The molecule has 2 rings (SSSR count). The van der Waals surface area contributed by atoms with Gasteiger partial charge in [-0.05, 0) is 25.8 Å². The van der Waals surface area contributed by atoms with Crippen LogP contribution in [0.5, 0.6) is 0 Å². The lowest BCUT2D eigenvalue weighted by atomic mass is 9.93. The second-order valence-corrected chi connectivity index (χ2v) is 5.93. The van der Waals surface area contributed by atoms with Crippen LogP contribution >= 0.6 is 0 Å². The number of amides is 1. The molecule has 3 N–H and O–H groups in total. The van der Waals surface area contributed by atoms with Crippen molar-refractivity contribution in [2.45, 2.75) is 33.6 Å². The van der Waals surface area contributed by atoms with Gasteiger partial charge in [-0.15, -0.1) is 0 Å². The number of carbonyl (C=O) groups excluding carboxylic acids is 1. The van der Waals surface area contributed by atoms with Gasteiger partial charge in [0.2, 0.25) is 5.91 Å². The topological polar surface area (TPSA) is 85.3 Å². The monoisotopic (exact) mass is 275 g/mol. The first-order valence-electron chi connectivity index (χ1n) is 6.69. The number of fused-ring (bicyclic) bond motifs is 1. The number of nitrogens with zero attached hydrogens (tertiary/aromatic N) is 3. The van der Waals surface area contributed by atoms with Crippen LogP contribution < -0.4 is 11.1 Å². The Bertz CT molecular complexity index is 630. The van der Waals surface area contributed by atoms with Crippen molar-refractivity contribution in [3.05, 3.63) is 24.2 Å². The van der Waals surface area contributed by atoms with Gasteiger partial charge in [0.25, 0.3) is 0 Å². The zero-order valence-corrected chi connectivity index (χ0v) is 12.3. The van der Waals surface area contributed by atoms with E-state index in [-0.39, 0.29) is 5.91 Å². The summed E-state index contributed by atoms with van der Waals surface area (Å²) < 4.78 is 1.79. The van der Waals surface area contributed by atoms with Crippen LogP contribution in [0.15, 0.2) is 18.5 Å². The van der Waals surface area contributed by atoms with E-state index in [0.29, 0.717) is 18.3 Å². The summed E-state index contributed by atoms with van der Waals surface area (Å²) in [5.41, 5.74) is 6.65. The number of nitrogens with one attached hydrogen (secondary N) is 1. The molecule has 0 aliphatic rings. The van der Waals surface area contributed by atoms with Crippen molar-refractivity contribution in [2.24, 2.45) is 11.1 Å². The summed E-state index contributed by atoms with van der Waals surface area (Å²) in [6.07, 6.45) is 3.50. The molecule has 0 atom stereocenters. The van der Waals surface area contributed by atoms with Gasteiger partial charge in [0, 0.05) is 18.9 Å². The molecular formula is C14H21N5O. The lowest BCUT2D eigenvalue weighted by Gasteiger charge is -2.21. The molecule has 0 aromatic carbocycles. The molecule has 0 fully saturated rings. The third-order valence-electron chi connectivity index (χ3n) is 3.37. The van der Waals surface area contributed by atoms with E-state index in [1.165, 1.54) is 0 Å². The Kier molecular flexibility index (Phi) is 3.65. The molecule has 0 spiro atoms. The van der Waals surface area contributed by atoms with Crippen molar-refractivity contribution in [1.29, 1.82) is 0 Å². The summed E-state index contributed by atoms with van der Waals surface area (Å²) in [7, 11) is 0. The number of hydrogen-bond acceptors (Lipinski definition) is 4. The van der Waals surface area contributed by atoms with Crippen molar-refractivity contribution >= 4 is 17.2 Å². The first-order valence-corrected chi connectivity index (χ1v) is 6.69. The molecule has 2 heterocycles. The summed E-state index contributed by atoms with van der Waals surface area (Å²) in [6, 6.07) is 2.01. The standard InChI is InChI=1S/C14H21N5O/c1-9(2)10-7-11-12(16-5-6-19(11)18-10)17-8-14(3,4)13(15)20/h5-7,9H,8H2,1-4H3,(H2,15,20)(H,16,17). The average Bonchev–Trinajstić information content (AvgIpc) is 2.80. The molecule has 0 aliphatic heterocycles. The fourth-order valence-electron chi connectivity index (χ4n) is 1.75. The van der Waals surface area contributed by atoms with Crippen molar-refractivity contribution in [3.8, 4) is 0 Å². The molecule has 6 nitrogen and oxygen atoms in total. The number of nitrogens with two attached hydrogens (primary N) is 1. The van der Waals surface area contributed by atoms with E-state index in [2.05, 4.69) is 29.2 Å². The number of primary amides is 1. The Morgan fingerprint density at radius 3 is 2.80 bits per heavy atom. The van der Waals surface area contributed by atoms with Crippen LogP contribution in [0.3, 0.4) is 0 Å². The quantitative estimate of drug-likeness (QED) is 0.871. The maximum atomic E-state index is 11.3. The van der Waals surface area contributed by atoms with Gasteiger partial charge in [-0.3, -0.25) is 4.79 Å². The molecule has 0 saturated carbocycles. The Labute approximate surface area is 118 Å². The molecule has 0 saturated heterocycles. The van der Waals surface area contributed by atoms with E-state index < -0.39 is 5.41 Å². The molecule has 0 unspecified atom stereocenters. The fraction of sp³-hybridized carbons (Fsp3) is 0.500. The average molecular weight is 275 g/mol. The van der Waals surface area contributed by atoms with Gasteiger partial charge in [0.05, 0.1) is 11.1 Å². The van der Waals surface area contributed by atoms with Gasteiger partial charge in [-0.25, -0.2) is 9.50 Å². The van der Waals surface area contributed by atoms with Crippen LogP contribution in [0.25, 0.3) is 5.52 Å². The largest absolute Gasteiger partial charge is 0.369 e. The van der Waals surface area contributed by atoms with Crippen LogP contribution in [0.2, 0.25) is 0 Å².